The summed E-state index contributed by atoms with van der Waals surface area (Å²) in [5, 5.41) is 13.2. The first kappa shape index (κ1) is 13.2. The fourth-order valence-corrected chi connectivity index (χ4v) is 2.44. The maximum absolute atomic E-state index is 12.0. The molecule has 2 rings (SSSR count). The molecule has 0 heterocycles. The van der Waals surface area contributed by atoms with Crippen molar-refractivity contribution in [1.82, 2.24) is 0 Å². The number of carbonyl (C=O) groups excluding carboxylic acids is 1. The zero-order valence-corrected chi connectivity index (χ0v) is 11.0. The molecule has 18 heavy (non-hydrogen) atoms. The van der Waals surface area contributed by atoms with Gasteiger partial charge in [0, 0.05) is 5.69 Å². The third-order valence-corrected chi connectivity index (χ3v) is 3.56. The number of ether oxygens (including phenoxy) is 1. The fourth-order valence-electron chi connectivity index (χ4n) is 2.18. The number of amides is 1. The minimum absolute atomic E-state index is 0.360. The molecule has 0 aliphatic heterocycles. The number of carbonyl (C=O) groups is 1. The minimum Gasteiger partial charge on any atom is -0.495 e. The first-order valence-electron chi connectivity index (χ1n) is 5.92. The van der Waals surface area contributed by atoms with Crippen LogP contribution in [-0.4, -0.2) is 23.7 Å². The molecule has 1 amide bonds. The molecular formula is C13H16ClNO3. The average Bonchev–Trinajstić information content (AvgIpc) is 2.78. The van der Waals surface area contributed by atoms with E-state index in [0.29, 0.717) is 29.3 Å². The second-order valence-electron chi connectivity index (χ2n) is 4.54. The number of hydrogen-bond donors (Lipinski definition) is 2. The van der Waals surface area contributed by atoms with Crippen LogP contribution in [0.1, 0.15) is 25.7 Å². The third-order valence-electron chi connectivity index (χ3n) is 3.26. The summed E-state index contributed by atoms with van der Waals surface area (Å²) >= 11 is 5.97. The normalized spacial score (nSPS) is 17.5. The predicted octanol–water partition coefficient (Wildman–Crippen LogP) is 2.59. The quantitative estimate of drug-likeness (QED) is 0.887. The summed E-state index contributed by atoms with van der Waals surface area (Å²) in [4.78, 5) is 12.0. The Morgan fingerprint density at radius 1 is 1.44 bits per heavy atom. The highest BCUT2D eigenvalue weighted by atomic mass is 35.5. The molecule has 1 aromatic rings. The molecule has 1 saturated carbocycles. The lowest BCUT2D eigenvalue weighted by Gasteiger charge is -2.21. The highest BCUT2D eigenvalue weighted by molar-refractivity contribution is 6.32. The van der Waals surface area contributed by atoms with Crippen molar-refractivity contribution in [2.24, 2.45) is 0 Å². The van der Waals surface area contributed by atoms with Gasteiger partial charge in [0.1, 0.15) is 11.4 Å². The summed E-state index contributed by atoms with van der Waals surface area (Å²) in [6, 6.07) is 4.98. The van der Waals surface area contributed by atoms with E-state index in [1.165, 1.54) is 7.11 Å². The first-order valence-corrected chi connectivity index (χ1v) is 6.30. The Morgan fingerprint density at radius 3 is 2.67 bits per heavy atom. The van der Waals surface area contributed by atoms with Crippen LogP contribution in [0.5, 0.6) is 5.75 Å². The van der Waals surface area contributed by atoms with Gasteiger partial charge in [0.25, 0.3) is 5.91 Å². The van der Waals surface area contributed by atoms with Crippen molar-refractivity contribution in [3.05, 3.63) is 23.2 Å². The number of nitrogens with one attached hydrogen (secondary N) is 1. The van der Waals surface area contributed by atoms with Gasteiger partial charge in [-0.05, 0) is 43.9 Å². The van der Waals surface area contributed by atoms with Crippen LogP contribution in [0.15, 0.2) is 18.2 Å². The van der Waals surface area contributed by atoms with E-state index in [1.807, 2.05) is 0 Å². The Morgan fingerprint density at radius 2 is 2.11 bits per heavy atom. The monoisotopic (exact) mass is 269 g/mol. The van der Waals surface area contributed by atoms with Crippen LogP contribution >= 0.6 is 11.6 Å². The Labute approximate surface area is 111 Å². The average molecular weight is 270 g/mol. The molecule has 98 valence electrons. The molecule has 0 aromatic heterocycles. The fraction of sp³-hybridized carbons (Fsp3) is 0.462. The van der Waals surface area contributed by atoms with Gasteiger partial charge < -0.3 is 15.2 Å². The summed E-state index contributed by atoms with van der Waals surface area (Å²) in [6.07, 6.45) is 2.80. The maximum atomic E-state index is 12.0. The molecule has 1 aromatic carbocycles. The molecule has 0 spiro atoms. The van der Waals surface area contributed by atoms with E-state index in [1.54, 1.807) is 18.2 Å². The van der Waals surface area contributed by atoms with E-state index >= 15 is 0 Å². The second-order valence-corrected chi connectivity index (χ2v) is 4.95. The zero-order chi connectivity index (χ0) is 13.2. The largest absolute Gasteiger partial charge is 0.495 e. The summed E-state index contributed by atoms with van der Waals surface area (Å²) in [5.74, 6) is 0.190. The molecule has 0 radical (unpaired) electrons. The van der Waals surface area contributed by atoms with E-state index in [9.17, 15) is 9.90 Å². The van der Waals surface area contributed by atoms with Crippen LogP contribution in [0.3, 0.4) is 0 Å². The maximum Gasteiger partial charge on any atom is 0.256 e. The highest BCUT2D eigenvalue weighted by Crippen LogP contribution is 2.32. The van der Waals surface area contributed by atoms with Crippen LogP contribution in [0, 0.1) is 0 Å². The molecule has 4 nitrogen and oxygen atoms in total. The number of benzene rings is 1. The van der Waals surface area contributed by atoms with Crippen molar-refractivity contribution in [2.45, 2.75) is 31.3 Å². The van der Waals surface area contributed by atoms with Gasteiger partial charge in [-0.1, -0.05) is 11.6 Å². The van der Waals surface area contributed by atoms with Crippen molar-refractivity contribution in [2.75, 3.05) is 12.4 Å². The van der Waals surface area contributed by atoms with E-state index in [-0.39, 0.29) is 5.91 Å². The van der Waals surface area contributed by atoms with Gasteiger partial charge in [-0.15, -0.1) is 0 Å². The third kappa shape index (κ3) is 2.60. The Bertz CT molecular complexity index is 456. The van der Waals surface area contributed by atoms with Crippen LogP contribution in [-0.2, 0) is 4.79 Å². The molecule has 0 unspecified atom stereocenters. The van der Waals surface area contributed by atoms with Crippen LogP contribution < -0.4 is 10.1 Å². The number of anilines is 1. The number of methoxy groups -OCH3 is 1. The van der Waals surface area contributed by atoms with Crippen molar-refractivity contribution < 1.29 is 14.6 Å². The Balaban J connectivity index is 2.09. The lowest BCUT2D eigenvalue weighted by Crippen LogP contribution is -2.40. The Hall–Kier alpha value is -1.26. The predicted molar refractivity (Wildman–Crippen MR) is 70.1 cm³/mol. The van der Waals surface area contributed by atoms with Gasteiger partial charge >= 0.3 is 0 Å². The van der Waals surface area contributed by atoms with E-state index in [4.69, 9.17) is 16.3 Å². The highest BCUT2D eigenvalue weighted by Gasteiger charge is 2.38. The minimum atomic E-state index is -1.23. The van der Waals surface area contributed by atoms with E-state index < -0.39 is 5.60 Å². The van der Waals surface area contributed by atoms with Gasteiger partial charge in [0.05, 0.1) is 12.1 Å². The second kappa shape index (κ2) is 5.16. The van der Waals surface area contributed by atoms with Crippen molar-refractivity contribution in [1.29, 1.82) is 0 Å². The van der Waals surface area contributed by atoms with E-state index in [0.717, 1.165) is 12.8 Å². The lowest BCUT2D eigenvalue weighted by atomic mass is 10.0. The van der Waals surface area contributed by atoms with E-state index in [2.05, 4.69) is 5.32 Å². The molecular weight excluding hydrogens is 254 g/mol. The number of halogens is 1. The molecule has 0 atom stereocenters. The lowest BCUT2D eigenvalue weighted by molar-refractivity contribution is -0.133. The molecule has 1 fully saturated rings. The van der Waals surface area contributed by atoms with Crippen molar-refractivity contribution in [3.63, 3.8) is 0 Å². The van der Waals surface area contributed by atoms with Gasteiger partial charge in [0.15, 0.2) is 0 Å². The zero-order valence-electron chi connectivity index (χ0n) is 10.2. The standard InChI is InChI=1S/C13H16ClNO3/c1-18-11-5-4-9(8-10(11)14)15-12(16)13(17)6-2-3-7-13/h4-5,8,17H,2-3,6-7H2,1H3,(H,15,16). The summed E-state index contributed by atoms with van der Waals surface area (Å²) in [5.41, 5.74) is -0.669. The molecule has 2 N–H and O–H groups in total. The molecule has 0 saturated heterocycles. The first-order chi connectivity index (χ1) is 8.55. The van der Waals surface area contributed by atoms with Gasteiger partial charge in [-0.2, -0.15) is 0 Å². The van der Waals surface area contributed by atoms with Gasteiger partial charge in [-0.3, -0.25) is 4.79 Å². The topological polar surface area (TPSA) is 58.6 Å². The van der Waals surface area contributed by atoms with Crippen LogP contribution in [0.4, 0.5) is 5.69 Å². The van der Waals surface area contributed by atoms with Gasteiger partial charge in [0.2, 0.25) is 0 Å². The van der Waals surface area contributed by atoms with Crippen molar-refractivity contribution >= 4 is 23.2 Å². The molecule has 1 aliphatic rings. The van der Waals surface area contributed by atoms with Gasteiger partial charge in [-0.25, -0.2) is 0 Å². The molecule has 1 aliphatic carbocycles. The SMILES string of the molecule is COc1ccc(NC(=O)C2(O)CCCC2)cc1Cl. The Kier molecular flexibility index (Phi) is 3.78. The van der Waals surface area contributed by atoms with Crippen molar-refractivity contribution in [3.8, 4) is 5.75 Å². The number of hydrogen-bond acceptors (Lipinski definition) is 3. The van der Waals surface area contributed by atoms with Crippen LogP contribution in [0.2, 0.25) is 5.02 Å². The number of rotatable bonds is 3. The smallest absolute Gasteiger partial charge is 0.256 e. The molecule has 0 bridgehead atoms. The summed E-state index contributed by atoms with van der Waals surface area (Å²) in [6.45, 7) is 0. The van der Waals surface area contributed by atoms with Crippen LogP contribution in [0.25, 0.3) is 0 Å². The molecule has 5 heteroatoms. The summed E-state index contributed by atoms with van der Waals surface area (Å²) in [7, 11) is 1.53. The summed E-state index contributed by atoms with van der Waals surface area (Å²) < 4.78 is 5.03. The number of aliphatic hydroxyl groups is 1.